The van der Waals surface area contributed by atoms with E-state index in [9.17, 15) is 0 Å². The summed E-state index contributed by atoms with van der Waals surface area (Å²) < 4.78 is 6.00. The van der Waals surface area contributed by atoms with Gasteiger partial charge in [0.2, 0.25) is 0 Å². The van der Waals surface area contributed by atoms with E-state index in [1.165, 1.54) is 32.1 Å². The Balaban J connectivity index is 3.82. The first kappa shape index (κ1) is 17.9. The van der Waals surface area contributed by atoms with Crippen molar-refractivity contribution in [2.24, 2.45) is 5.41 Å². The second kappa shape index (κ2) is 9.80. The van der Waals surface area contributed by atoms with Gasteiger partial charge in [-0.05, 0) is 25.3 Å². The summed E-state index contributed by atoms with van der Waals surface area (Å²) in [5, 5.41) is 3.53. The van der Waals surface area contributed by atoms with Crippen LogP contribution in [0.2, 0.25) is 0 Å². The molecule has 2 nitrogen and oxygen atoms in total. The number of hydrogen-bond acceptors (Lipinski definition) is 2. The molecule has 2 atom stereocenters. The van der Waals surface area contributed by atoms with Gasteiger partial charge in [-0.3, -0.25) is 0 Å². The second-order valence-corrected chi connectivity index (χ2v) is 6.47. The first-order valence-electron chi connectivity index (χ1n) is 7.76. The molecule has 0 aliphatic heterocycles. The molecule has 0 saturated heterocycles. The summed E-state index contributed by atoms with van der Waals surface area (Å²) in [7, 11) is 0. The first-order chi connectivity index (χ1) is 8.41. The zero-order valence-electron chi connectivity index (χ0n) is 13.5. The molecule has 0 radical (unpaired) electrons. The highest BCUT2D eigenvalue weighted by Gasteiger charge is 2.24. The minimum Gasteiger partial charge on any atom is -0.377 e. The SMILES string of the molecule is CCCCCCC(C)OCC(NCC)C(C)(C)C. The van der Waals surface area contributed by atoms with Gasteiger partial charge in [-0.25, -0.2) is 0 Å². The molecule has 18 heavy (non-hydrogen) atoms. The summed E-state index contributed by atoms with van der Waals surface area (Å²) in [5.41, 5.74) is 0.262. The molecule has 0 heterocycles. The fourth-order valence-corrected chi connectivity index (χ4v) is 2.06. The van der Waals surface area contributed by atoms with E-state index in [0.717, 1.165) is 13.2 Å². The molecular weight excluding hydrogens is 222 g/mol. The van der Waals surface area contributed by atoms with Crippen molar-refractivity contribution in [3.05, 3.63) is 0 Å². The summed E-state index contributed by atoms with van der Waals surface area (Å²) >= 11 is 0. The van der Waals surface area contributed by atoms with E-state index in [1.807, 2.05) is 0 Å². The topological polar surface area (TPSA) is 21.3 Å². The molecule has 0 aromatic rings. The van der Waals surface area contributed by atoms with Gasteiger partial charge in [-0.1, -0.05) is 60.3 Å². The van der Waals surface area contributed by atoms with E-state index in [2.05, 4.69) is 46.9 Å². The number of nitrogens with one attached hydrogen (secondary N) is 1. The van der Waals surface area contributed by atoms with Crippen molar-refractivity contribution < 1.29 is 4.74 Å². The van der Waals surface area contributed by atoms with E-state index in [0.29, 0.717) is 12.1 Å². The van der Waals surface area contributed by atoms with Crippen LogP contribution in [0.1, 0.15) is 73.6 Å². The third kappa shape index (κ3) is 8.93. The van der Waals surface area contributed by atoms with E-state index in [-0.39, 0.29) is 5.41 Å². The van der Waals surface area contributed by atoms with Crippen molar-refractivity contribution in [3.63, 3.8) is 0 Å². The molecule has 110 valence electrons. The fourth-order valence-electron chi connectivity index (χ4n) is 2.06. The summed E-state index contributed by atoms with van der Waals surface area (Å²) in [6.07, 6.45) is 6.90. The second-order valence-electron chi connectivity index (χ2n) is 6.47. The Morgan fingerprint density at radius 3 is 2.22 bits per heavy atom. The lowest BCUT2D eigenvalue weighted by atomic mass is 9.87. The predicted octanol–water partition coefficient (Wildman–Crippen LogP) is 4.39. The smallest absolute Gasteiger partial charge is 0.0628 e. The number of rotatable bonds is 10. The Kier molecular flexibility index (Phi) is 9.76. The van der Waals surface area contributed by atoms with Crippen LogP contribution in [0.25, 0.3) is 0 Å². The third-order valence-corrected chi connectivity index (χ3v) is 3.51. The van der Waals surface area contributed by atoms with E-state index < -0.39 is 0 Å². The molecule has 0 aliphatic carbocycles. The molecule has 1 N–H and O–H groups in total. The average Bonchev–Trinajstić information content (AvgIpc) is 2.28. The number of unbranched alkanes of at least 4 members (excludes halogenated alkanes) is 3. The zero-order valence-corrected chi connectivity index (χ0v) is 13.5. The molecule has 2 heteroatoms. The number of hydrogen-bond donors (Lipinski definition) is 1. The van der Waals surface area contributed by atoms with Crippen molar-refractivity contribution in [2.45, 2.75) is 85.8 Å². The van der Waals surface area contributed by atoms with Crippen LogP contribution in [0.5, 0.6) is 0 Å². The molecule has 0 saturated carbocycles. The lowest BCUT2D eigenvalue weighted by Crippen LogP contribution is -2.44. The highest BCUT2D eigenvalue weighted by atomic mass is 16.5. The van der Waals surface area contributed by atoms with E-state index in [1.54, 1.807) is 0 Å². The van der Waals surface area contributed by atoms with Gasteiger partial charge < -0.3 is 10.1 Å². The Labute approximate surface area is 115 Å². The first-order valence-corrected chi connectivity index (χ1v) is 7.76. The van der Waals surface area contributed by atoms with Crippen LogP contribution in [-0.2, 0) is 4.74 Å². The quantitative estimate of drug-likeness (QED) is 0.586. The van der Waals surface area contributed by atoms with Crippen molar-refractivity contribution in [2.75, 3.05) is 13.2 Å². The maximum atomic E-state index is 6.00. The van der Waals surface area contributed by atoms with Crippen molar-refractivity contribution >= 4 is 0 Å². The van der Waals surface area contributed by atoms with E-state index >= 15 is 0 Å². The summed E-state index contributed by atoms with van der Waals surface area (Å²) in [6.45, 7) is 15.3. The van der Waals surface area contributed by atoms with Crippen molar-refractivity contribution in [3.8, 4) is 0 Å². The highest BCUT2D eigenvalue weighted by molar-refractivity contribution is 4.80. The lowest BCUT2D eigenvalue weighted by Gasteiger charge is -2.32. The Morgan fingerprint density at radius 2 is 1.72 bits per heavy atom. The van der Waals surface area contributed by atoms with Crippen molar-refractivity contribution in [1.29, 1.82) is 0 Å². The van der Waals surface area contributed by atoms with Crippen LogP contribution >= 0.6 is 0 Å². The molecular formula is C16H35NO. The van der Waals surface area contributed by atoms with Gasteiger partial charge in [0.1, 0.15) is 0 Å². The largest absolute Gasteiger partial charge is 0.377 e. The lowest BCUT2D eigenvalue weighted by molar-refractivity contribution is 0.0216. The monoisotopic (exact) mass is 257 g/mol. The van der Waals surface area contributed by atoms with Gasteiger partial charge in [-0.15, -0.1) is 0 Å². The Hall–Kier alpha value is -0.0800. The van der Waals surface area contributed by atoms with Crippen LogP contribution in [0.4, 0.5) is 0 Å². The standard InChI is InChI=1S/C16H35NO/c1-7-9-10-11-12-14(3)18-13-15(17-8-2)16(4,5)6/h14-15,17H,7-13H2,1-6H3. The van der Waals surface area contributed by atoms with Gasteiger partial charge >= 0.3 is 0 Å². The molecule has 0 fully saturated rings. The molecule has 2 unspecified atom stereocenters. The Bertz CT molecular complexity index is 186. The zero-order chi connectivity index (χ0) is 14.0. The fraction of sp³-hybridized carbons (Fsp3) is 1.00. The Morgan fingerprint density at radius 1 is 1.06 bits per heavy atom. The van der Waals surface area contributed by atoms with Gasteiger partial charge in [0.25, 0.3) is 0 Å². The molecule has 0 spiro atoms. The van der Waals surface area contributed by atoms with Crippen LogP contribution in [0.15, 0.2) is 0 Å². The average molecular weight is 257 g/mol. The maximum absolute atomic E-state index is 6.00. The van der Waals surface area contributed by atoms with Gasteiger partial charge in [0, 0.05) is 6.04 Å². The highest BCUT2D eigenvalue weighted by Crippen LogP contribution is 2.20. The van der Waals surface area contributed by atoms with E-state index in [4.69, 9.17) is 4.74 Å². The third-order valence-electron chi connectivity index (χ3n) is 3.51. The number of likely N-dealkylation sites (N-methyl/N-ethyl adjacent to an activating group) is 1. The van der Waals surface area contributed by atoms with Crippen LogP contribution in [-0.4, -0.2) is 25.3 Å². The molecule has 0 rings (SSSR count). The van der Waals surface area contributed by atoms with Crippen molar-refractivity contribution in [1.82, 2.24) is 5.32 Å². The summed E-state index contributed by atoms with van der Waals surface area (Å²) in [6, 6.07) is 0.445. The van der Waals surface area contributed by atoms with Crippen LogP contribution in [0, 0.1) is 5.41 Å². The summed E-state index contributed by atoms with van der Waals surface area (Å²) in [4.78, 5) is 0. The molecule has 0 bridgehead atoms. The van der Waals surface area contributed by atoms with Gasteiger partial charge in [-0.2, -0.15) is 0 Å². The molecule has 0 aromatic heterocycles. The van der Waals surface area contributed by atoms with Gasteiger partial charge in [0.15, 0.2) is 0 Å². The molecule has 0 aromatic carbocycles. The normalized spacial score (nSPS) is 15.7. The van der Waals surface area contributed by atoms with Crippen LogP contribution in [0.3, 0.4) is 0 Å². The summed E-state index contributed by atoms with van der Waals surface area (Å²) in [5.74, 6) is 0. The van der Waals surface area contributed by atoms with Crippen LogP contribution < -0.4 is 5.32 Å². The maximum Gasteiger partial charge on any atom is 0.0628 e. The van der Waals surface area contributed by atoms with Gasteiger partial charge in [0.05, 0.1) is 12.7 Å². The minimum absolute atomic E-state index is 0.262. The number of ether oxygens (including phenoxy) is 1. The predicted molar refractivity (Wildman–Crippen MR) is 81.1 cm³/mol. The molecule has 0 aliphatic rings. The molecule has 0 amide bonds. The minimum atomic E-state index is 0.262.